The van der Waals surface area contributed by atoms with Gasteiger partial charge in [-0.2, -0.15) is 5.26 Å². The average Bonchev–Trinajstić information content (AvgIpc) is 3.22. The summed E-state index contributed by atoms with van der Waals surface area (Å²) in [6.07, 6.45) is 3.11. The Morgan fingerprint density at radius 2 is 1.84 bits per heavy atom. The van der Waals surface area contributed by atoms with E-state index in [9.17, 15) is 9.59 Å². The molecule has 164 valence electrons. The van der Waals surface area contributed by atoms with Crippen molar-refractivity contribution in [2.24, 2.45) is 0 Å². The molecule has 2 amide bonds. The fourth-order valence-corrected chi connectivity index (χ4v) is 3.50. The van der Waals surface area contributed by atoms with Crippen molar-refractivity contribution in [2.45, 2.75) is 45.3 Å². The van der Waals surface area contributed by atoms with Gasteiger partial charge >= 0.3 is 6.09 Å². The number of carbonyl (C=O) groups is 2. The summed E-state index contributed by atoms with van der Waals surface area (Å²) in [5, 5.41) is 11.5. The van der Waals surface area contributed by atoms with E-state index in [1.54, 1.807) is 35.2 Å². The first-order valence-corrected chi connectivity index (χ1v) is 10.3. The van der Waals surface area contributed by atoms with Crippen LogP contribution in [0.2, 0.25) is 0 Å². The number of hydrogen-bond donors (Lipinski definition) is 1. The quantitative estimate of drug-likeness (QED) is 0.775. The minimum Gasteiger partial charge on any atom is -0.479 e. The van der Waals surface area contributed by atoms with Crippen LogP contribution in [-0.4, -0.2) is 46.8 Å². The Bertz CT molecular complexity index is 945. The number of carbonyl (C=O) groups excluding carboxylic acids is 2. The first-order chi connectivity index (χ1) is 14.8. The summed E-state index contributed by atoms with van der Waals surface area (Å²) < 4.78 is 12.7. The number of hydrogen-bond acceptors (Lipinski definition) is 5. The molecule has 0 bridgehead atoms. The summed E-state index contributed by atoms with van der Waals surface area (Å²) in [5.41, 5.74) is 0.696. The number of rotatable bonds is 5. The lowest BCUT2D eigenvalue weighted by Crippen LogP contribution is -2.42. The molecule has 2 heterocycles. The topological polar surface area (TPSA) is 96.6 Å². The predicted octanol–water partition coefficient (Wildman–Crippen LogP) is 4.21. The van der Waals surface area contributed by atoms with Gasteiger partial charge in [0.15, 0.2) is 6.61 Å². The highest BCUT2D eigenvalue weighted by Crippen LogP contribution is 2.26. The van der Waals surface area contributed by atoms with Gasteiger partial charge in [0, 0.05) is 31.0 Å². The third-order valence-electron chi connectivity index (χ3n) is 4.94. The highest BCUT2D eigenvalue weighted by molar-refractivity contribution is 6.03. The fraction of sp³-hybridized carbons (Fsp3) is 0.435. The van der Waals surface area contributed by atoms with E-state index in [0.717, 1.165) is 12.8 Å². The van der Waals surface area contributed by atoms with Crippen LogP contribution in [0.25, 0.3) is 0 Å². The molecule has 3 rings (SSSR count). The normalized spacial score (nSPS) is 14.6. The van der Waals surface area contributed by atoms with E-state index in [1.807, 2.05) is 43.7 Å². The van der Waals surface area contributed by atoms with Crippen molar-refractivity contribution in [3.63, 3.8) is 0 Å². The molecule has 1 aromatic heterocycles. The van der Waals surface area contributed by atoms with Crippen LogP contribution >= 0.6 is 0 Å². The lowest BCUT2D eigenvalue weighted by molar-refractivity contribution is 0.0187. The summed E-state index contributed by atoms with van der Waals surface area (Å²) >= 11 is 0. The lowest BCUT2D eigenvalue weighted by atomic mass is 10.0. The Hall–Kier alpha value is -3.47. The molecule has 0 saturated carbocycles. The van der Waals surface area contributed by atoms with Crippen molar-refractivity contribution in [2.75, 3.05) is 25.0 Å². The van der Waals surface area contributed by atoms with Gasteiger partial charge in [-0.15, -0.1) is 0 Å². The van der Waals surface area contributed by atoms with E-state index >= 15 is 0 Å². The number of amides is 2. The summed E-state index contributed by atoms with van der Waals surface area (Å²) in [5.74, 6) is 0.366. The van der Waals surface area contributed by atoms with E-state index in [-0.39, 0.29) is 24.6 Å². The van der Waals surface area contributed by atoms with Crippen LogP contribution in [0, 0.1) is 11.3 Å². The molecule has 2 aromatic rings. The number of nitriles is 1. The van der Waals surface area contributed by atoms with Gasteiger partial charge in [-0.3, -0.25) is 4.79 Å². The zero-order valence-corrected chi connectivity index (χ0v) is 18.1. The van der Waals surface area contributed by atoms with E-state index in [0.29, 0.717) is 30.2 Å². The van der Waals surface area contributed by atoms with E-state index in [2.05, 4.69) is 5.32 Å². The van der Waals surface area contributed by atoms with E-state index in [4.69, 9.17) is 14.7 Å². The Balaban J connectivity index is 1.59. The minimum atomic E-state index is -0.514. The zero-order valence-electron chi connectivity index (χ0n) is 18.1. The van der Waals surface area contributed by atoms with E-state index < -0.39 is 5.60 Å². The highest BCUT2D eigenvalue weighted by Gasteiger charge is 2.28. The van der Waals surface area contributed by atoms with Crippen molar-refractivity contribution in [1.29, 1.82) is 5.26 Å². The van der Waals surface area contributed by atoms with Crippen LogP contribution in [0.1, 0.15) is 50.1 Å². The SMILES string of the molecule is CC(C)(C)OC(=O)N1CCC(n2cccc2C(=O)Nc2ccc(OCC#N)cc2)CC1. The summed E-state index contributed by atoms with van der Waals surface area (Å²) in [6, 6.07) is 12.6. The molecule has 1 aliphatic rings. The Morgan fingerprint density at radius 1 is 1.16 bits per heavy atom. The molecule has 0 aliphatic carbocycles. The standard InChI is InChI=1S/C23H28N4O4/c1-23(2,3)31-22(29)26-14-10-18(11-15-26)27-13-4-5-20(27)21(28)25-17-6-8-19(9-7-17)30-16-12-24/h4-9,13,18H,10-11,14-16H2,1-3H3,(H,25,28). The molecule has 0 unspecified atom stereocenters. The maximum Gasteiger partial charge on any atom is 0.410 e. The summed E-state index contributed by atoms with van der Waals surface area (Å²) in [4.78, 5) is 26.8. The molecule has 0 radical (unpaired) electrons. The van der Waals surface area contributed by atoms with Crippen LogP contribution in [0.3, 0.4) is 0 Å². The Labute approximate surface area is 182 Å². The van der Waals surface area contributed by atoms with Crippen molar-refractivity contribution in [3.8, 4) is 11.8 Å². The van der Waals surface area contributed by atoms with Crippen LogP contribution in [0.4, 0.5) is 10.5 Å². The van der Waals surface area contributed by atoms with Crippen LogP contribution < -0.4 is 10.1 Å². The molecule has 0 atom stereocenters. The predicted molar refractivity (Wildman–Crippen MR) is 116 cm³/mol. The van der Waals surface area contributed by atoms with Gasteiger partial charge in [0.05, 0.1) is 0 Å². The van der Waals surface area contributed by atoms with Crippen molar-refractivity contribution < 1.29 is 19.1 Å². The zero-order chi connectivity index (χ0) is 22.4. The largest absolute Gasteiger partial charge is 0.479 e. The molecular weight excluding hydrogens is 396 g/mol. The summed E-state index contributed by atoms with van der Waals surface area (Å²) in [6.45, 7) is 6.72. The molecule has 0 spiro atoms. The number of aromatic nitrogens is 1. The average molecular weight is 425 g/mol. The summed E-state index contributed by atoms with van der Waals surface area (Å²) in [7, 11) is 0. The smallest absolute Gasteiger partial charge is 0.410 e. The molecular formula is C23H28N4O4. The van der Waals surface area contributed by atoms with Gasteiger partial charge in [-0.05, 0) is 70.0 Å². The van der Waals surface area contributed by atoms with Gasteiger partial charge in [-0.1, -0.05) is 0 Å². The van der Waals surface area contributed by atoms with Crippen molar-refractivity contribution in [3.05, 3.63) is 48.3 Å². The Morgan fingerprint density at radius 3 is 2.45 bits per heavy atom. The third kappa shape index (κ3) is 6.01. The number of benzene rings is 1. The molecule has 8 nitrogen and oxygen atoms in total. The minimum absolute atomic E-state index is 0.0219. The second-order valence-electron chi connectivity index (χ2n) is 8.42. The number of nitrogens with zero attached hydrogens (tertiary/aromatic N) is 3. The molecule has 1 aromatic carbocycles. The fourth-order valence-electron chi connectivity index (χ4n) is 3.50. The maximum absolute atomic E-state index is 12.8. The van der Waals surface area contributed by atoms with Crippen molar-refractivity contribution in [1.82, 2.24) is 9.47 Å². The lowest BCUT2D eigenvalue weighted by Gasteiger charge is -2.34. The van der Waals surface area contributed by atoms with Gasteiger partial charge < -0.3 is 24.3 Å². The molecule has 1 saturated heterocycles. The number of nitrogens with one attached hydrogen (secondary N) is 1. The van der Waals surface area contributed by atoms with Gasteiger partial charge in [0.2, 0.25) is 0 Å². The van der Waals surface area contributed by atoms with Crippen LogP contribution in [-0.2, 0) is 4.74 Å². The number of ether oxygens (including phenoxy) is 2. The highest BCUT2D eigenvalue weighted by atomic mass is 16.6. The Kier molecular flexibility index (Phi) is 6.85. The van der Waals surface area contributed by atoms with Gasteiger partial charge in [0.25, 0.3) is 5.91 Å². The molecule has 1 N–H and O–H groups in total. The number of piperidine rings is 1. The number of anilines is 1. The van der Waals surface area contributed by atoms with Crippen molar-refractivity contribution >= 4 is 17.7 Å². The first kappa shape index (κ1) is 22.2. The van der Waals surface area contributed by atoms with Gasteiger partial charge in [-0.25, -0.2) is 4.79 Å². The van der Waals surface area contributed by atoms with Crippen LogP contribution in [0.15, 0.2) is 42.6 Å². The molecule has 1 fully saturated rings. The first-order valence-electron chi connectivity index (χ1n) is 10.3. The number of likely N-dealkylation sites (tertiary alicyclic amines) is 1. The van der Waals surface area contributed by atoms with E-state index in [1.165, 1.54) is 0 Å². The second-order valence-corrected chi connectivity index (χ2v) is 8.42. The second kappa shape index (κ2) is 9.56. The van der Waals surface area contributed by atoms with Gasteiger partial charge in [0.1, 0.15) is 23.1 Å². The molecule has 8 heteroatoms. The monoisotopic (exact) mass is 424 g/mol. The molecule has 31 heavy (non-hydrogen) atoms. The maximum atomic E-state index is 12.8. The molecule has 1 aliphatic heterocycles. The third-order valence-corrected chi connectivity index (χ3v) is 4.94. The van der Waals surface area contributed by atoms with Crippen LogP contribution in [0.5, 0.6) is 5.75 Å².